The second-order valence-electron chi connectivity index (χ2n) is 17.1. The summed E-state index contributed by atoms with van der Waals surface area (Å²) < 4.78 is 19.9. The van der Waals surface area contributed by atoms with E-state index in [0.717, 1.165) is 76.7 Å². The van der Waals surface area contributed by atoms with E-state index < -0.39 is 0 Å². The largest absolute Gasteiger partial charge is 0.506 e. The van der Waals surface area contributed by atoms with E-state index in [-0.39, 0.29) is 41.7 Å². The SMILES string of the molecule is O=C1COc2c(CCNCCN(C(=O)CCOCCc3cccc(CN4CCC5(CC4)CN(C(=O)c4ccn(CC6CC6)n4)CCO5)c3)C3CCCC3)ccc(O)c2N1. The Bertz CT molecular complexity index is 1920. The highest BCUT2D eigenvalue weighted by molar-refractivity contribution is 5.97. The highest BCUT2D eigenvalue weighted by Gasteiger charge is 2.41. The van der Waals surface area contributed by atoms with Gasteiger partial charge < -0.3 is 39.8 Å². The second kappa shape index (κ2) is 19.3. The first kappa shape index (κ1) is 41.2. The van der Waals surface area contributed by atoms with Crippen molar-refractivity contribution in [1.29, 1.82) is 0 Å². The number of phenolic OH excluding ortho intramolecular Hbond substituents is 1. The molecule has 14 nitrogen and oxygen atoms in total. The number of fused-ring (bicyclic) bond motifs is 1. The van der Waals surface area contributed by atoms with Gasteiger partial charge in [-0.15, -0.1) is 0 Å². The summed E-state index contributed by atoms with van der Waals surface area (Å²) in [7, 11) is 0. The first-order valence-corrected chi connectivity index (χ1v) is 21.9. The highest BCUT2D eigenvalue weighted by atomic mass is 16.5. The fourth-order valence-electron chi connectivity index (χ4n) is 9.17. The van der Waals surface area contributed by atoms with Gasteiger partial charge in [-0.25, -0.2) is 0 Å². The summed E-state index contributed by atoms with van der Waals surface area (Å²) >= 11 is 0. The molecule has 2 aromatic carbocycles. The molecule has 4 fully saturated rings. The number of nitrogens with zero attached hydrogens (tertiary/aromatic N) is 5. The van der Waals surface area contributed by atoms with Gasteiger partial charge in [0.05, 0.1) is 38.4 Å². The maximum atomic E-state index is 13.4. The number of amides is 3. The fraction of sp³-hybridized carbons (Fsp3) is 0.600. The predicted octanol–water partition coefficient (Wildman–Crippen LogP) is 4.39. The van der Waals surface area contributed by atoms with Gasteiger partial charge in [0, 0.05) is 58.1 Å². The lowest BCUT2D eigenvalue weighted by Crippen LogP contribution is -2.58. The molecule has 3 N–H and O–H groups in total. The van der Waals surface area contributed by atoms with Crippen LogP contribution in [0.15, 0.2) is 48.7 Å². The van der Waals surface area contributed by atoms with Gasteiger partial charge in [-0.1, -0.05) is 43.2 Å². The molecule has 1 aromatic heterocycles. The minimum absolute atomic E-state index is 0.00459. The van der Waals surface area contributed by atoms with E-state index in [2.05, 4.69) is 49.8 Å². The van der Waals surface area contributed by atoms with Crippen LogP contribution in [0.5, 0.6) is 11.5 Å². The number of rotatable bonds is 18. The van der Waals surface area contributed by atoms with Crippen molar-refractivity contribution in [3.05, 3.63) is 71.0 Å². The van der Waals surface area contributed by atoms with Gasteiger partial charge >= 0.3 is 0 Å². The van der Waals surface area contributed by atoms with Crippen LogP contribution < -0.4 is 15.4 Å². The number of anilines is 1. The Balaban J connectivity index is 0.730. The van der Waals surface area contributed by atoms with Gasteiger partial charge in [0.25, 0.3) is 11.8 Å². The quantitative estimate of drug-likeness (QED) is 0.125. The lowest BCUT2D eigenvalue weighted by molar-refractivity contribution is -0.134. The zero-order chi connectivity index (χ0) is 40.6. The molecule has 59 heavy (non-hydrogen) atoms. The van der Waals surface area contributed by atoms with E-state index in [1.165, 1.54) is 24.0 Å². The van der Waals surface area contributed by atoms with Crippen LogP contribution in [-0.4, -0.2) is 131 Å². The zero-order valence-corrected chi connectivity index (χ0v) is 34.4. The molecule has 2 saturated carbocycles. The minimum Gasteiger partial charge on any atom is -0.506 e. The molecule has 3 aromatic rings. The molecule has 8 rings (SSSR count). The molecule has 4 heterocycles. The van der Waals surface area contributed by atoms with Crippen molar-refractivity contribution >= 4 is 23.4 Å². The zero-order valence-electron chi connectivity index (χ0n) is 34.4. The number of carbonyl (C=O) groups excluding carboxylic acids is 3. The van der Waals surface area contributed by atoms with Crippen molar-refractivity contribution in [2.45, 2.75) is 95.4 Å². The van der Waals surface area contributed by atoms with Crippen molar-refractivity contribution in [3.8, 4) is 11.5 Å². The van der Waals surface area contributed by atoms with Gasteiger partial charge in [-0.3, -0.25) is 24.0 Å². The second-order valence-corrected chi connectivity index (χ2v) is 17.1. The normalized spacial score (nSPS) is 19.4. The van der Waals surface area contributed by atoms with E-state index in [0.29, 0.717) is 88.4 Å². The molecule has 2 saturated heterocycles. The Morgan fingerprint density at radius 1 is 1.00 bits per heavy atom. The number of aromatic hydroxyl groups is 1. The van der Waals surface area contributed by atoms with E-state index >= 15 is 0 Å². The number of ether oxygens (including phenoxy) is 3. The topological polar surface area (TPSA) is 151 Å². The van der Waals surface area contributed by atoms with Crippen molar-refractivity contribution < 1.29 is 33.7 Å². The number of morpholine rings is 1. The molecule has 0 radical (unpaired) electrons. The summed E-state index contributed by atoms with van der Waals surface area (Å²) in [4.78, 5) is 45.0. The molecule has 14 heteroatoms. The highest BCUT2D eigenvalue weighted by Crippen LogP contribution is 2.39. The van der Waals surface area contributed by atoms with Crippen LogP contribution >= 0.6 is 0 Å². The van der Waals surface area contributed by atoms with Crippen molar-refractivity contribution in [2.24, 2.45) is 5.92 Å². The smallest absolute Gasteiger partial charge is 0.274 e. The number of phenols is 1. The Morgan fingerprint density at radius 2 is 1.83 bits per heavy atom. The Labute approximate surface area is 347 Å². The number of likely N-dealkylation sites (tertiary alicyclic amines) is 1. The minimum atomic E-state index is -0.290. The maximum Gasteiger partial charge on any atom is 0.274 e. The summed E-state index contributed by atoms with van der Waals surface area (Å²) in [5, 5.41) is 20.9. The van der Waals surface area contributed by atoms with Crippen molar-refractivity contribution in [2.75, 3.05) is 77.6 Å². The van der Waals surface area contributed by atoms with Crippen LogP contribution in [0.3, 0.4) is 0 Å². The van der Waals surface area contributed by atoms with Gasteiger partial charge in [-0.05, 0) is 92.7 Å². The average molecular weight is 812 g/mol. The monoisotopic (exact) mass is 811 g/mol. The van der Waals surface area contributed by atoms with Gasteiger partial charge in [0.1, 0.15) is 17.1 Å². The third-order valence-electron chi connectivity index (χ3n) is 12.7. The molecule has 1 spiro atoms. The Kier molecular flexibility index (Phi) is 13.5. The lowest BCUT2D eigenvalue weighted by Gasteiger charge is -2.47. The van der Waals surface area contributed by atoms with Crippen LogP contribution in [-0.2, 0) is 45.0 Å². The third kappa shape index (κ3) is 10.8. The number of benzene rings is 2. The van der Waals surface area contributed by atoms with Crippen LogP contribution in [0.1, 0.15) is 85.0 Å². The first-order valence-electron chi connectivity index (χ1n) is 21.9. The molecular weight excluding hydrogens is 751 g/mol. The summed E-state index contributed by atoms with van der Waals surface area (Å²) in [5.74, 6) is 1.12. The van der Waals surface area contributed by atoms with E-state index in [1.54, 1.807) is 6.07 Å². The Morgan fingerprint density at radius 3 is 2.66 bits per heavy atom. The summed E-state index contributed by atoms with van der Waals surface area (Å²) in [5.41, 5.74) is 4.00. The summed E-state index contributed by atoms with van der Waals surface area (Å²) in [6.07, 6.45) is 12.5. The molecule has 3 amide bonds. The standard InChI is InChI=1S/C45H61N7O7/c53-39-11-10-36(43-42(39)47-40(54)31-58-43)12-18-46-19-23-52(37-6-1-2-7-37)41(55)15-26-57-25-14-33-4-3-5-35(28-33)29-49-21-16-45(17-22-49)32-50(24-27-59-45)44(56)38-13-20-51(48-38)30-34-8-9-34/h3-5,10-11,13,20,28,34,37,46,53H,1-2,6-9,12,14-19,21-27,29-32H2,(H,47,54). The van der Waals surface area contributed by atoms with Gasteiger partial charge in [0.15, 0.2) is 12.4 Å². The third-order valence-corrected chi connectivity index (χ3v) is 12.7. The van der Waals surface area contributed by atoms with E-state index in [1.807, 2.05) is 27.9 Å². The Hall–Kier alpha value is -4.50. The number of hydrogen-bond acceptors (Lipinski definition) is 10. The molecule has 318 valence electrons. The van der Waals surface area contributed by atoms with E-state index in [4.69, 9.17) is 14.2 Å². The van der Waals surface area contributed by atoms with Crippen molar-refractivity contribution in [3.63, 3.8) is 0 Å². The van der Waals surface area contributed by atoms with Crippen molar-refractivity contribution in [1.82, 2.24) is 29.8 Å². The number of aromatic nitrogens is 2. The number of nitrogens with one attached hydrogen (secondary N) is 2. The van der Waals surface area contributed by atoms with Crippen LogP contribution in [0, 0.1) is 5.92 Å². The van der Waals surface area contributed by atoms with Crippen LogP contribution in [0.25, 0.3) is 0 Å². The van der Waals surface area contributed by atoms with Gasteiger partial charge in [0.2, 0.25) is 5.91 Å². The first-order chi connectivity index (χ1) is 28.8. The molecule has 0 atom stereocenters. The predicted molar refractivity (Wildman–Crippen MR) is 222 cm³/mol. The molecule has 0 unspecified atom stereocenters. The van der Waals surface area contributed by atoms with Crippen LogP contribution in [0.4, 0.5) is 5.69 Å². The molecule has 3 aliphatic heterocycles. The van der Waals surface area contributed by atoms with Crippen LogP contribution in [0.2, 0.25) is 0 Å². The number of hydrogen-bond donors (Lipinski definition) is 3. The van der Waals surface area contributed by atoms with E-state index in [9.17, 15) is 19.5 Å². The number of carbonyl (C=O) groups is 3. The number of piperidine rings is 1. The summed E-state index contributed by atoms with van der Waals surface area (Å²) in [6, 6.07) is 14.3. The molecule has 2 aliphatic carbocycles. The molecule has 5 aliphatic rings. The average Bonchev–Trinajstić information content (AvgIpc) is 3.65. The lowest BCUT2D eigenvalue weighted by atomic mass is 9.89. The fourth-order valence-corrected chi connectivity index (χ4v) is 9.17. The summed E-state index contributed by atoms with van der Waals surface area (Å²) in [6.45, 7) is 8.33. The van der Waals surface area contributed by atoms with Gasteiger partial charge in [-0.2, -0.15) is 5.10 Å². The maximum absolute atomic E-state index is 13.4. The molecular formula is C45H61N7O7. The molecule has 0 bridgehead atoms.